The lowest BCUT2D eigenvalue weighted by Crippen LogP contribution is -2.37. The van der Waals surface area contributed by atoms with Gasteiger partial charge in [-0.2, -0.15) is 0 Å². The molecule has 0 radical (unpaired) electrons. The van der Waals surface area contributed by atoms with Crippen LogP contribution in [-0.2, 0) is 21.2 Å². The lowest BCUT2D eigenvalue weighted by molar-refractivity contribution is 0.122. The van der Waals surface area contributed by atoms with E-state index >= 15 is 0 Å². The molecule has 2 aromatic heterocycles. The van der Waals surface area contributed by atoms with E-state index in [1.165, 1.54) is 25.4 Å². The number of nitrogens with one attached hydrogen (secondary N) is 1. The van der Waals surface area contributed by atoms with E-state index in [1.807, 2.05) is 6.92 Å². The first-order chi connectivity index (χ1) is 16.5. The Balaban J connectivity index is 1.69. The van der Waals surface area contributed by atoms with Crippen LogP contribution in [0.3, 0.4) is 0 Å². The van der Waals surface area contributed by atoms with Crippen LogP contribution in [0.1, 0.15) is 23.7 Å². The van der Waals surface area contributed by atoms with Gasteiger partial charge in [-0.25, -0.2) is 23.4 Å². The number of morpholine rings is 1. The highest BCUT2D eigenvalue weighted by molar-refractivity contribution is 7.92. The van der Waals surface area contributed by atoms with Crippen molar-refractivity contribution in [3.63, 3.8) is 0 Å². The van der Waals surface area contributed by atoms with E-state index in [9.17, 15) is 8.42 Å². The highest BCUT2D eigenvalue weighted by Crippen LogP contribution is 2.26. The average Bonchev–Trinajstić information content (AvgIpc) is 2.88. The lowest BCUT2D eigenvalue weighted by Gasteiger charge is -2.28. The van der Waals surface area contributed by atoms with Gasteiger partial charge < -0.3 is 14.4 Å². The highest BCUT2D eigenvalue weighted by Gasteiger charge is 2.19. The Bertz CT molecular complexity index is 1310. The largest absolute Gasteiger partial charge is 0.479 e. The van der Waals surface area contributed by atoms with Crippen LogP contribution in [0.15, 0.2) is 53.8 Å². The van der Waals surface area contributed by atoms with Crippen LogP contribution in [0.25, 0.3) is 0 Å². The summed E-state index contributed by atoms with van der Waals surface area (Å²) >= 11 is 0. The molecule has 34 heavy (non-hydrogen) atoms. The van der Waals surface area contributed by atoms with Crippen molar-refractivity contribution in [3.05, 3.63) is 65.7 Å². The number of benzene rings is 1. The van der Waals surface area contributed by atoms with Crippen molar-refractivity contribution >= 4 is 21.5 Å². The van der Waals surface area contributed by atoms with Crippen LogP contribution in [0.5, 0.6) is 5.88 Å². The molecule has 176 valence electrons. The van der Waals surface area contributed by atoms with Crippen molar-refractivity contribution in [1.82, 2.24) is 15.0 Å². The Kier molecular flexibility index (Phi) is 7.25. The van der Waals surface area contributed by atoms with Gasteiger partial charge in [0.1, 0.15) is 17.8 Å². The Morgan fingerprint density at radius 2 is 1.88 bits per heavy atom. The smallest absolute Gasteiger partial charge is 0.262 e. The van der Waals surface area contributed by atoms with Gasteiger partial charge in [0.25, 0.3) is 10.0 Å². The Hall–Kier alpha value is -3.68. The fourth-order valence-corrected chi connectivity index (χ4v) is 4.59. The van der Waals surface area contributed by atoms with Gasteiger partial charge in [0.05, 0.1) is 36.5 Å². The minimum atomic E-state index is -3.82. The molecule has 1 aliphatic rings. The average molecular weight is 480 g/mol. The minimum absolute atomic E-state index is 0.137. The third kappa shape index (κ3) is 5.27. The summed E-state index contributed by atoms with van der Waals surface area (Å²) in [5.41, 5.74) is 2.31. The molecule has 1 saturated heterocycles. The second-order valence-electron chi connectivity index (χ2n) is 7.42. The van der Waals surface area contributed by atoms with Crippen LogP contribution < -0.4 is 14.4 Å². The van der Waals surface area contributed by atoms with Crippen LogP contribution in [-0.4, -0.2) is 56.8 Å². The van der Waals surface area contributed by atoms with Crippen LogP contribution >= 0.6 is 0 Å². The first kappa shape index (κ1) is 23.5. The van der Waals surface area contributed by atoms with E-state index in [-0.39, 0.29) is 16.5 Å². The summed E-state index contributed by atoms with van der Waals surface area (Å²) in [5.74, 6) is 7.20. The second kappa shape index (κ2) is 10.5. The zero-order valence-corrected chi connectivity index (χ0v) is 19.8. The summed E-state index contributed by atoms with van der Waals surface area (Å²) in [6.07, 6.45) is 3.79. The van der Waals surface area contributed by atoms with E-state index in [0.29, 0.717) is 25.2 Å². The number of methoxy groups -OCH3 is 1. The summed E-state index contributed by atoms with van der Waals surface area (Å²) in [6.45, 7) is 4.73. The topological polar surface area (TPSA) is 107 Å². The van der Waals surface area contributed by atoms with Gasteiger partial charge in [-0.1, -0.05) is 37.0 Å². The van der Waals surface area contributed by atoms with E-state index in [0.717, 1.165) is 30.2 Å². The first-order valence-corrected chi connectivity index (χ1v) is 12.3. The zero-order valence-electron chi connectivity index (χ0n) is 19.0. The SMILES string of the molecule is CCc1ncnc(N2CCOCC2)c1C#Cc1cnc(OC)c(NS(=O)(=O)c2ccccc2)c1. The number of aryl methyl sites for hydroxylation is 1. The lowest BCUT2D eigenvalue weighted by atomic mass is 10.1. The molecule has 0 unspecified atom stereocenters. The molecule has 3 heterocycles. The summed E-state index contributed by atoms with van der Waals surface area (Å²) in [5, 5.41) is 0. The van der Waals surface area contributed by atoms with E-state index in [4.69, 9.17) is 9.47 Å². The maximum Gasteiger partial charge on any atom is 0.262 e. The maximum absolute atomic E-state index is 12.8. The molecule has 1 aliphatic heterocycles. The molecule has 0 spiro atoms. The van der Waals surface area contributed by atoms with Crippen molar-refractivity contribution in [2.45, 2.75) is 18.2 Å². The molecule has 1 aromatic carbocycles. The molecule has 4 rings (SSSR count). The van der Waals surface area contributed by atoms with Gasteiger partial charge in [0.2, 0.25) is 5.88 Å². The Labute approximate surface area is 199 Å². The fraction of sp³-hybridized carbons (Fsp3) is 0.292. The summed E-state index contributed by atoms with van der Waals surface area (Å²) < 4.78 is 38.9. The molecule has 0 atom stereocenters. The molecule has 0 bridgehead atoms. The number of pyridine rings is 1. The molecule has 1 N–H and O–H groups in total. The van der Waals surface area contributed by atoms with Gasteiger partial charge >= 0.3 is 0 Å². The third-order valence-electron chi connectivity index (χ3n) is 5.23. The van der Waals surface area contributed by atoms with Crippen molar-refractivity contribution in [2.75, 3.05) is 43.0 Å². The maximum atomic E-state index is 12.8. The predicted octanol–water partition coefficient (Wildman–Crippen LogP) is 2.48. The molecule has 9 nitrogen and oxygen atoms in total. The summed E-state index contributed by atoms with van der Waals surface area (Å²) in [6, 6.07) is 9.70. The minimum Gasteiger partial charge on any atom is -0.479 e. The number of hydrogen-bond acceptors (Lipinski definition) is 8. The molecule has 0 amide bonds. The zero-order chi connectivity index (χ0) is 24.0. The van der Waals surface area contributed by atoms with Crippen molar-refractivity contribution in [1.29, 1.82) is 0 Å². The number of nitrogens with zero attached hydrogens (tertiary/aromatic N) is 4. The Morgan fingerprint density at radius 3 is 2.59 bits per heavy atom. The van der Waals surface area contributed by atoms with Gasteiger partial charge in [0, 0.05) is 24.8 Å². The molecule has 10 heteroatoms. The van der Waals surface area contributed by atoms with Gasteiger partial charge in [-0.05, 0) is 24.6 Å². The van der Waals surface area contributed by atoms with Crippen molar-refractivity contribution < 1.29 is 17.9 Å². The number of ether oxygens (including phenoxy) is 2. The third-order valence-corrected chi connectivity index (χ3v) is 6.61. The molecule has 0 aliphatic carbocycles. The van der Waals surface area contributed by atoms with Crippen molar-refractivity contribution in [3.8, 4) is 17.7 Å². The van der Waals surface area contributed by atoms with Gasteiger partial charge in [0.15, 0.2) is 0 Å². The number of hydrogen-bond donors (Lipinski definition) is 1. The fourth-order valence-electron chi connectivity index (χ4n) is 3.52. The molecular weight excluding hydrogens is 454 g/mol. The van der Waals surface area contributed by atoms with Gasteiger partial charge in [-0.3, -0.25) is 4.72 Å². The predicted molar refractivity (Wildman–Crippen MR) is 128 cm³/mol. The number of anilines is 2. The quantitative estimate of drug-likeness (QED) is 0.538. The highest BCUT2D eigenvalue weighted by atomic mass is 32.2. The summed E-state index contributed by atoms with van der Waals surface area (Å²) in [7, 11) is -2.39. The molecule has 1 fully saturated rings. The Morgan fingerprint density at radius 1 is 1.12 bits per heavy atom. The van der Waals surface area contributed by atoms with Crippen molar-refractivity contribution in [2.24, 2.45) is 0 Å². The number of aromatic nitrogens is 3. The molecular formula is C24H25N5O4S. The van der Waals surface area contributed by atoms with Crippen LogP contribution in [0.4, 0.5) is 11.5 Å². The summed E-state index contributed by atoms with van der Waals surface area (Å²) in [4.78, 5) is 15.4. The number of rotatable bonds is 6. The normalized spacial score (nSPS) is 13.6. The van der Waals surface area contributed by atoms with E-state index < -0.39 is 10.0 Å². The molecule has 0 saturated carbocycles. The molecule has 3 aromatic rings. The standard InChI is InChI=1S/C24H25N5O4S/c1-3-21-20(23(27-17-26-21)29-11-13-33-14-12-29)10-9-18-15-22(24(32-2)25-16-18)28-34(30,31)19-7-5-4-6-8-19/h4-8,15-17,28H,3,11-14H2,1-2H3. The first-order valence-electron chi connectivity index (χ1n) is 10.8. The van der Waals surface area contributed by atoms with Gasteiger partial charge in [-0.15, -0.1) is 0 Å². The monoisotopic (exact) mass is 479 g/mol. The van der Waals surface area contributed by atoms with Crippen LogP contribution in [0, 0.1) is 11.8 Å². The van der Waals surface area contributed by atoms with E-state index in [2.05, 4.69) is 36.4 Å². The number of sulfonamides is 1. The van der Waals surface area contributed by atoms with E-state index in [1.54, 1.807) is 30.6 Å². The second-order valence-corrected chi connectivity index (χ2v) is 9.10. The van der Waals surface area contributed by atoms with Crippen LogP contribution in [0.2, 0.25) is 0 Å².